The quantitative estimate of drug-likeness (QED) is 0.208. The van der Waals surface area contributed by atoms with E-state index in [2.05, 4.69) is 10.6 Å². The zero-order valence-corrected chi connectivity index (χ0v) is 24.6. The third-order valence-electron chi connectivity index (χ3n) is 6.33. The molecule has 9 nitrogen and oxygen atoms in total. The van der Waals surface area contributed by atoms with Gasteiger partial charge in [-0.2, -0.15) is 0 Å². The van der Waals surface area contributed by atoms with Crippen molar-refractivity contribution in [1.82, 2.24) is 9.80 Å². The van der Waals surface area contributed by atoms with Crippen LogP contribution in [-0.2, 0) is 6.54 Å². The lowest BCUT2D eigenvalue weighted by atomic mass is 10.1. The Labute approximate surface area is 243 Å². The van der Waals surface area contributed by atoms with Crippen LogP contribution in [0.25, 0.3) is 0 Å². The number of phenols is 1. The molecule has 0 bridgehead atoms. The van der Waals surface area contributed by atoms with Crippen LogP contribution in [-0.4, -0.2) is 52.9 Å². The number of nitrogens with zero attached hydrogens (tertiary/aromatic N) is 2. The summed E-state index contributed by atoms with van der Waals surface area (Å²) < 4.78 is 0. The lowest BCUT2D eigenvalue weighted by Crippen LogP contribution is -2.50. The molecule has 1 aliphatic heterocycles. The fourth-order valence-electron chi connectivity index (χ4n) is 4.26. The molecule has 10 heteroatoms. The maximum atomic E-state index is 13.2. The first-order valence-electron chi connectivity index (χ1n) is 13.8. The van der Waals surface area contributed by atoms with Crippen molar-refractivity contribution < 1.29 is 14.7 Å². The molecule has 0 radical (unpaired) electrons. The number of nitrogens with one attached hydrogen (secondary N) is 2. The number of aromatic hydroxyl groups is 1. The van der Waals surface area contributed by atoms with Crippen molar-refractivity contribution >= 4 is 40.2 Å². The van der Waals surface area contributed by atoms with Crippen LogP contribution in [0.5, 0.6) is 5.75 Å². The number of benzene rings is 2. The highest BCUT2D eigenvalue weighted by atomic mass is 32.1. The van der Waals surface area contributed by atoms with E-state index in [4.69, 9.17) is 0 Å². The van der Waals surface area contributed by atoms with E-state index in [1.54, 1.807) is 21.9 Å². The molecule has 0 atom stereocenters. The van der Waals surface area contributed by atoms with E-state index in [9.17, 15) is 24.3 Å². The zero-order valence-electron chi connectivity index (χ0n) is 23.8. The van der Waals surface area contributed by atoms with Crippen LogP contribution in [0.3, 0.4) is 0 Å². The van der Waals surface area contributed by atoms with Crippen LogP contribution in [0, 0.1) is 0 Å². The molecular formula is C31H36N4O5S. The normalized spacial score (nSPS) is 12.5. The highest BCUT2D eigenvalue weighted by molar-refractivity contribution is 7.12. The van der Waals surface area contributed by atoms with Crippen LogP contribution < -0.4 is 21.5 Å². The van der Waals surface area contributed by atoms with Gasteiger partial charge in [-0.25, -0.2) is 0 Å². The van der Waals surface area contributed by atoms with Crippen LogP contribution in [0.4, 0.5) is 17.1 Å². The summed E-state index contributed by atoms with van der Waals surface area (Å²) in [5.74, 6) is -0.746. The van der Waals surface area contributed by atoms with Crippen molar-refractivity contribution in [2.24, 2.45) is 0 Å². The number of anilines is 3. The number of piperazine rings is 1. The fourth-order valence-corrected chi connectivity index (χ4v) is 4.95. The van der Waals surface area contributed by atoms with E-state index >= 15 is 0 Å². The van der Waals surface area contributed by atoms with Crippen LogP contribution in [0.2, 0.25) is 0 Å². The second-order valence-corrected chi connectivity index (χ2v) is 9.58. The van der Waals surface area contributed by atoms with E-state index in [1.807, 2.05) is 69.5 Å². The van der Waals surface area contributed by atoms with Gasteiger partial charge in [0.1, 0.15) is 11.4 Å². The minimum absolute atomic E-state index is 0.0431. The third-order valence-corrected chi connectivity index (χ3v) is 7.19. The molecule has 5 rings (SSSR count). The second-order valence-electron chi connectivity index (χ2n) is 8.64. The number of hydrogen-bond donors (Lipinski definition) is 3. The molecular weight excluding hydrogens is 540 g/mol. The van der Waals surface area contributed by atoms with Gasteiger partial charge in [0, 0.05) is 32.7 Å². The average Bonchev–Trinajstić information content (AvgIpc) is 3.58. The van der Waals surface area contributed by atoms with Gasteiger partial charge in [-0.3, -0.25) is 19.2 Å². The molecule has 0 spiro atoms. The maximum absolute atomic E-state index is 13.2. The SMILES string of the molecule is CC.CC.O=C(c1cccs1)N1CCN(C(=O)c2cccc(Nc3c(NCc4ccccc4)c(=O)c3=O)c2O)CC1. The van der Waals surface area contributed by atoms with Gasteiger partial charge in [0.2, 0.25) is 0 Å². The summed E-state index contributed by atoms with van der Waals surface area (Å²) in [5.41, 5.74) is -0.00161. The summed E-state index contributed by atoms with van der Waals surface area (Å²) in [4.78, 5) is 54.1. The Morgan fingerprint density at radius 3 is 2.00 bits per heavy atom. The Bertz CT molecular complexity index is 1500. The number of rotatable bonds is 7. The summed E-state index contributed by atoms with van der Waals surface area (Å²) in [6.45, 7) is 9.80. The Morgan fingerprint density at radius 2 is 1.39 bits per heavy atom. The van der Waals surface area contributed by atoms with Gasteiger partial charge >= 0.3 is 0 Å². The Hall–Kier alpha value is -4.44. The topological polar surface area (TPSA) is 119 Å². The van der Waals surface area contributed by atoms with E-state index in [0.717, 1.165) is 5.56 Å². The average molecular weight is 577 g/mol. The van der Waals surface area contributed by atoms with Crippen molar-refractivity contribution in [3.05, 3.63) is 102 Å². The number of thiophene rings is 1. The molecule has 0 saturated carbocycles. The van der Waals surface area contributed by atoms with E-state index < -0.39 is 10.9 Å². The molecule has 4 aromatic rings. The molecule has 2 amide bonds. The van der Waals surface area contributed by atoms with E-state index in [-0.39, 0.29) is 40.2 Å². The van der Waals surface area contributed by atoms with Gasteiger partial charge in [-0.05, 0) is 29.1 Å². The van der Waals surface area contributed by atoms with Crippen LogP contribution >= 0.6 is 11.3 Å². The monoisotopic (exact) mass is 576 g/mol. The number of carbonyl (C=O) groups excluding carboxylic acids is 2. The minimum atomic E-state index is -0.696. The molecule has 1 aliphatic rings. The zero-order chi connectivity index (χ0) is 29.9. The molecule has 216 valence electrons. The lowest BCUT2D eigenvalue weighted by Gasteiger charge is -2.34. The number of hydrogen-bond acceptors (Lipinski definition) is 8. The highest BCUT2D eigenvalue weighted by Crippen LogP contribution is 2.32. The molecule has 1 saturated heterocycles. The van der Waals surface area contributed by atoms with Crippen LogP contribution in [0.15, 0.2) is 75.6 Å². The van der Waals surface area contributed by atoms with Crippen LogP contribution in [0.1, 0.15) is 53.3 Å². The lowest BCUT2D eigenvalue weighted by molar-refractivity contribution is 0.0536. The molecule has 0 aliphatic carbocycles. The largest absolute Gasteiger partial charge is 0.505 e. The predicted molar refractivity (Wildman–Crippen MR) is 165 cm³/mol. The van der Waals surface area contributed by atoms with Crippen molar-refractivity contribution in [3.8, 4) is 5.75 Å². The molecule has 3 N–H and O–H groups in total. The first kappa shape index (κ1) is 31.1. The standard InChI is InChI=1S/C27H24N4O5S.2C2H6/c32-23-18(26(35)30-11-13-31(14-12-30)27(36)20-10-5-15-37-20)8-4-9-19(23)29-22-21(24(33)25(22)34)28-16-17-6-2-1-3-7-17;2*1-2/h1-10,15,28-29,32H,11-14,16H2;2*1-2H3. The van der Waals surface area contributed by atoms with Gasteiger partial charge in [-0.1, -0.05) is 70.2 Å². The summed E-state index contributed by atoms with van der Waals surface area (Å²) >= 11 is 1.38. The number of para-hydroxylation sites is 1. The summed E-state index contributed by atoms with van der Waals surface area (Å²) in [6.07, 6.45) is 0. The van der Waals surface area contributed by atoms with Gasteiger partial charge in [0.25, 0.3) is 22.7 Å². The van der Waals surface area contributed by atoms with Crippen molar-refractivity contribution in [3.63, 3.8) is 0 Å². The second kappa shape index (κ2) is 14.8. The molecule has 3 aromatic carbocycles. The molecule has 41 heavy (non-hydrogen) atoms. The van der Waals surface area contributed by atoms with Gasteiger partial charge in [0.15, 0.2) is 5.75 Å². The third kappa shape index (κ3) is 7.01. The smallest absolute Gasteiger partial charge is 0.264 e. The predicted octanol–water partition coefficient (Wildman–Crippen LogP) is 5.06. The van der Waals surface area contributed by atoms with Gasteiger partial charge < -0.3 is 25.5 Å². The Morgan fingerprint density at radius 1 is 0.780 bits per heavy atom. The molecule has 0 unspecified atom stereocenters. The molecule has 2 heterocycles. The van der Waals surface area contributed by atoms with Gasteiger partial charge in [0.05, 0.1) is 16.1 Å². The fraction of sp³-hybridized carbons (Fsp3) is 0.290. The van der Waals surface area contributed by atoms with E-state index in [0.29, 0.717) is 37.6 Å². The van der Waals surface area contributed by atoms with Gasteiger partial charge in [-0.15, -0.1) is 11.3 Å². The highest BCUT2D eigenvalue weighted by Gasteiger charge is 2.28. The minimum Gasteiger partial charge on any atom is -0.505 e. The maximum Gasteiger partial charge on any atom is 0.264 e. The van der Waals surface area contributed by atoms with Crippen molar-refractivity contribution in [1.29, 1.82) is 0 Å². The first-order chi connectivity index (χ1) is 19.9. The number of amides is 2. The molecule has 1 fully saturated rings. The number of phenolic OH excluding ortho intramolecular Hbond substituents is 1. The summed E-state index contributed by atoms with van der Waals surface area (Å²) in [6, 6.07) is 17.6. The summed E-state index contributed by atoms with van der Waals surface area (Å²) in [7, 11) is 0. The van der Waals surface area contributed by atoms with E-state index in [1.165, 1.54) is 23.5 Å². The van der Waals surface area contributed by atoms with Crippen molar-refractivity contribution in [2.75, 3.05) is 36.8 Å². The number of carbonyl (C=O) groups is 2. The Balaban J connectivity index is 0.00000111. The summed E-state index contributed by atoms with van der Waals surface area (Å²) in [5, 5.41) is 18.5. The van der Waals surface area contributed by atoms with Crippen molar-refractivity contribution in [2.45, 2.75) is 34.2 Å². The first-order valence-corrected chi connectivity index (χ1v) is 14.6. The Kier molecular flexibility index (Phi) is 11.2. The molecule has 1 aromatic heterocycles.